The Balaban J connectivity index is 1.55. The SMILES string of the molecule is C#CCN1CC(C(=N)c2c(-c3ccc(N4CCOCC4)cc3)cc(COCC)nc2Nc2ccccc2)C1. The van der Waals surface area contributed by atoms with E-state index in [1.165, 1.54) is 5.69 Å². The lowest BCUT2D eigenvalue weighted by atomic mass is 9.86. The van der Waals surface area contributed by atoms with Crippen molar-refractivity contribution in [3.63, 3.8) is 0 Å². The Morgan fingerprint density at radius 1 is 1.13 bits per heavy atom. The number of likely N-dealkylation sites (tertiary alicyclic amines) is 1. The minimum atomic E-state index is 0.102. The highest BCUT2D eigenvalue weighted by Crippen LogP contribution is 2.35. The molecule has 2 fully saturated rings. The summed E-state index contributed by atoms with van der Waals surface area (Å²) in [7, 11) is 0. The molecule has 0 saturated carbocycles. The number of hydrogen-bond acceptors (Lipinski definition) is 7. The van der Waals surface area contributed by atoms with Gasteiger partial charge in [-0.25, -0.2) is 4.98 Å². The molecule has 0 amide bonds. The van der Waals surface area contributed by atoms with Crippen molar-refractivity contribution in [1.82, 2.24) is 9.88 Å². The van der Waals surface area contributed by atoms with Gasteiger partial charge in [-0.05, 0) is 48.4 Å². The second-order valence-electron chi connectivity index (χ2n) is 9.67. The van der Waals surface area contributed by atoms with Crippen LogP contribution >= 0.6 is 0 Å². The van der Waals surface area contributed by atoms with Crippen molar-refractivity contribution >= 4 is 22.9 Å². The first-order chi connectivity index (χ1) is 18.7. The molecule has 0 radical (unpaired) electrons. The summed E-state index contributed by atoms with van der Waals surface area (Å²) in [6, 6.07) is 20.7. The summed E-state index contributed by atoms with van der Waals surface area (Å²) in [6.45, 7) is 8.46. The summed E-state index contributed by atoms with van der Waals surface area (Å²) in [4.78, 5) is 9.49. The summed E-state index contributed by atoms with van der Waals surface area (Å²) < 4.78 is 11.3. The monoisotopic (exact) mass is 509 g/mol. The number of terminal acetylenes is 1. The number of hydrogen-bond donors (Lipinski definition) is 2. The Morgan fingerprint density at radius 3 is 2.55 bits per heavy atom. The molecule has 38 heavy (non-hydrogen) atoms. The maximum atomic E-state index is 9.31. The molecule has 0 atom stereocenters. The predicted octanol–water partition coefficient (Wildman–Crippen LogP) is 4.80. The van der Waals surface area contributed by atoms with Crippen LogP contribution in [0.15, 0.2) is 60.7 Å². The van der Waals surface area contributed by atoms with Gasteiger partial charge in [0, 0.05) is 61.4 Å². The van der Waals surface area contributed by atoms with E-state index in [4.69, 9.17) is 20.9 Å². The molecular weight excluding hydrogens is 474 g/mol. The fourth-order valence-corrected chi connectivity index (χ4v) is 5.02. The fraction of sp³-hybridized carbons (Fsp3) is 0.355. The van der Waals surface area contributed by atoms with Crippen molar-refractivity contribution < 1.29 is 9.47 Å². The van der Waals surface area contributed by atoms with E-state index in [0.717, 1.165) is 67.5 Å². The zero-order valence-electron chi connectivity index (χ0n) is 22.0. The number of rotatable bonds is 10. The molecule has 7 heteroatoms. The fourth-order valence-electron chi connectivity index (χ4n) is 5.02. The minimum absolute atomic E-state index is 0.102. The second kappa shape index (κ2) is 12.2. The van der Waals surface area contributed by atoms with Gasteiger partial charge >= 0.3 is 0 Å². The molecule has 2 aromatic carbocycles. The largest absolute Gasteiger partial charge is 0.378 e. The normalized spacial score (nSPS) is 16.1. The minimum Gasteiger partial charge on any atom is -0.378 e. The molecule has 0 bridgehead atoms. The van der Waals surface area contributed by atoms with E-state index in [0.29, 0.717) is 31.3 Å². The number of anilines is 3. The first-order valence-corrected chi connectivity index (χ1v) is 13.3. The van der Waals surface area contributed by atoms with Crippen molar-refractivity contribution in [2.75, 3.05) is 62.8 Å². The maximum Gasteiger partial charge on any atom is 0.140 e. The Hall–Kier alpha value is -3.70. The predicted molar refractivity (Wildman–Crippen MR) is 153 cm³/mol. The third-order valence-corrected chi connectivity index (χ3v) is 7.07. The van der Waals surface area contributed by atoms with Gasteiger partial charge in [0.15, 0.2) is 0 Å². The van der Waals surface area contributed by atoms with E-state index in [9.17, 15) is 5.41 Å². The number of morpholine rings is 1. The molecule has 0 spiro atoms. The van der Waals surface area contributed by atoms with Crippen molar-refractivity contribution in [3.8, 4) is 23.5 Å². The summed E-state index contributed by atoms with van der Waals surface area (Å²) in [5.74, 6) is 3.50. The molecule has 196 valence electrons. The summed E-state index contributed by atoms with van der Waals surface area (Å²) in [5, 5.41) is 12.8. The maximum absolute atomic E-state index is 9.31. The molecule has 2 saturated heterocycles. The number of nitrogens with zero attached hydrogens (tertiary/aromatic N) is 3. The number of para-hydroxylation sites is 1. The van der Waals surface area contributed by atoms with Gasteiger partial charge in [0.1, 0.15) is 5.82 Å². The van der Waals surface area contributed by atoms with Crippen LogP contribution in [0.25, 0.3) is 11.1 Å². The van der Waals surface area contributed by atoms with Crippen molar-refractivity contribution in [1.29, 1.82) is 5.41 Å². The zero-order chi connectivity index (χ0) is 26.3. The molecule has 0 unspecified atom stereocenters. The van der Waals surface area contributed by atoms with E-state index < -0.39 is 0 Å². The van der Waals surface area contributed by atoms with Gasteiger partial charge in [-0.2, -0.15) is 0 Å². The lowest BCUT2D eigenvalue weighted by Crippen LogP contribution is -2.50. The van der Waals surface area contributed by atoms with E-state index in [1.807, 2.05) is 37.3 Å². The van der Waals surface area contributed by atoms with Gasteiger partial charge in [0.25, 0.3) is 0 Å². The molecule has 1 aromatic heterocycles. The summed E-state index contributed by atoms with van der Waals surface area (Å²) in [5.41, 5.74) is 6.40. The molecule has 3 heterocycles. The van der Waals surface area contributed by atoms with Crippen molar-refractivity contribution in [2.24, 2.45) is 5.92 Å². The number of nitrogens with one attached hydrogen (secondary N) is 2. The van der Waals surface area contributed by atoms with Gasteiger partial charge in [0.2, 0.25) is 0 Å². The van der Waals surface area contributed by atoms with E-state index in [2.05, 4.69) is 51.4 Å². The van der Waals surface area contributed by atoms with Gasteiger partial charge in [0.05, 0.1) is 32.1 Å². The van der Waals surface area contributed by atoms with Crippen LogP contribution in [0, 0.1) is 23.7 Å². The van der Waals surface area contributed by atoms with Crippen LogP contribution in [-0.4, -0.2) is 68.1 Å². The standard InChI is InChI=1S/C31H35N5O2/c1-3-14-35-20-24(21-35)30(32)29-28(23-10-12-27(13-11-23)36-15-17-38-18-16-36)19-26(22-37-4-2)34-31(29)33-25-8-6-5-7-9-25/h1,5-13,19,24,32H,4,14-18,20-22H2,2H3,(H,33,34). The highest BCUT2D eigenvalue weighted by molar-refractivity contribution is 6.10. The second-order valence-corrected chi connectivity index (χ2v) is 9.67. The number of benzene rings is 2. The quantitative estimate of drug-likeness (QED) is 0.302. The Morgan fingerprint density at radius 2 is 1.87 bits per heavy atom. The Labute approximate surface area is 225 Å². The zero-order valence-corrected chi connectivity index (χ0v) is 22.0. The number of aromatic nitrogens is 1. The molecule has 2 N–H and O–H groups in total. The van der Waals surface area contributed by atoms with Crippen LogP contribution in [0.5, 0.6) is 0 Å². The van der Waals surface area contributed by atoms with E-state index >= 15 is 0 Å². The van der Waals surface area contributed by atoms with Crippen LogP contribution in [-0.2, 0) is 16.1 Å². The van der Waals surface area contributed by atoms with Gasteiger partial charge < -0.3 is 25.1 Å². The van der Waals surface area contributed by atoms with Crippen molar-refractivity contribution in [3.05, 3.63) is 71.9 Å². The third kappa shape index (κ3) is 5.89. The summed E-state index contributed by atoms with van der Waals surface area (Å²) >= 11 is 0. The highest BCUT2D eigenvalue weighted by atomic mass is 16.5. The third-order valence-electron chi connectivity index (χ3n) is 7.07. The average Bonchev–Trinajstić information content (AvgIpc) is 2.94. The Bertz CT molecular complexity index is 1270. The molecule has 2 aliphatic rings. The average molecular weight is 510 g/mol. The molecule has 3 aromatic rings. The van der Waals surface area contributed by atoms with Crippen molar-refractivity contribution in [2.45, 2.75) is 13.5 Å². The van der Waals surface area contributed by atoms with Crippen LogP contribution in [0.1, 0.15) is 18.2 Å². The smallest absolute Gasteiger partial charge is 0.140 e. The van der Waals surface area contributed by atoms with Gasteiger partial charge in [-0.1, -0.05) is 36.3 Å². The highest BCUT2D eigenvalue weighted by Gasteiger charge is 2.33. The summed E-state index contributed by atoms with van der Waals surface area (Å²) in [6.07, 6.45) is 5.52. The lowest BCUT2D eigenvalue weighted by Gasteiger charge is -2.39. The molecule has 0 aliphatic carbocycles. The van der Waals surface area contributed by atoms with Crippen LogP contribution < -0.4 is 10.2 Å². The molecule has 7 nitrogen and oxygen atoms in total. The van der Waals surface area contributed by atoms with Crippen LogP contribution in [0.3, 0.4) is 0 Å². The van der Waals surface area contributed by atoms with Gasteiger partial charge in [-0.3, -0.25) is 4.90 Å². The number of ether oxygens (including phenoxy) is 2. The van der Waals surface area contributed by atoms with Gasteiger partial charge in [-0.15, -0.1) is 6.42 Å². The first kappa shape index (κ1) is 25.9. The van der Waals surface area contributed by atoms with E-state index in [1.54, 1.807) is 0 Å². The number of pyridine rings is 1. The molecule has 5 rings (SSSR count). The van der Waals surface area contributed by atoms with Crippen LogP contribution in [0.2, 0.25) is 0 Å². The first-order valence-electron chi connectivity index (χ1n) is 13.3. The van der Waals surface area contributed by atoms with Crippen LogP contribution in [0.4, 0.5) is 17.2 Å². The lowest BCUT2D eigenvalue weighted by molar-refractivity contribution is 0.122. The van der Waals surface area contributed by atoms with E-state index in [-0.39, 0.29) is 5.92 Å². The topological polar surface area (TPSA) is 73.7 Å². The molecule has 2 aliphatic heterocycles. The Kier molecular flexibility index (Phi) is 8.34. The molecular formula is C31H35N5O2.